The van der Waals surface area contributed by atoms with Gasteiger partial charge in [0.25, 0.3) is 0 Å². The third kappa shape index (κ3) is 2.80. The van der Waals surface area contributed by atoms with Gasteiger partial charge in [0.05, 0.1) is 28.3 Å². The van der Waals surface area contributed by atoms with Gasteiger partial charge in [0.1, 0.15) is 10.1 Å². The van der Waals surface area contributed by atoms with Gasteiger partial charge in [-0.25, -0.2) is 9.97 Å². The van der Waals surface area contributed by atoms with Crippen molar-refractivity contribution in [1.29, 1.82) is 0 Å². The van der Waals surface area contributed by atoms with Gasteiger partial charge in [0.15, 0.2) is 0 Å². The van der Waals surface area contributed by atoms with Crippen molar-refractivity contribution in [2.24, 2.45) is 0 Å². The first-order valence-corrected chi connectivity index (χ1v) is 11.5. The normalized spacial score (nSPS) is 20.1. The molecule has 114 valence electrons. The van der Waals surface area contributed by atoms with Gasteiger partial charge >= 0.3 is 0 Å². The summed E-state index contributed by atoms with van der Waals surface area (Å²) in [6, 6.07) is 0. The van der Waals surface area contributed by atoms with Crippen LogP contribution in [0.1, 0.15) is 25.2 Å². The van der Waals surface area contributed by atoms with Crippen molar-refractivity contribution in [3.05, 3.63) is 38.1 Å². The van der Waals surface area contributed by atoms with E-state index >= 15 is 0 Å². The molecule has 4 heterocycles. The van der Waals surface area contributed by atoms with E-state index < -0.39 is 0 Å². The average molecular weight is 401 g/mol. The molecule has 22 heavy (non-hydrogen) atoms. The summed E-state index contributed by atoms with van der Waals surface area (Å²) in [4.78, 5) is 9.36. The summed E-state index contributed by atoms with van der Waals surface area (Å²) < 4.78 is 7.06. The fraction of sp³-hybridized carbons (Fsp3) is 0.286. The molecule has 0 saturated heterocycles. The molecule has 3 aliphatic heterocycles. The minimum absolute atomic E-state index is 1.03. The zero-order valence-corrected chi connectivity index (χ0v) is 17.2. The molecular formula is C14H12N2S6. The molecule has 8 heteroatoms. The molecule has 0 aromatic carbocycles. The van der Waals surface area contributed by atoms with Crippen molar-refractivity contribution in [1.82, 2.24) is 9.97 Å². The molecule has 1 aromatic rings. The van der Waals surface area contributed by atoms with Gasteiger partial charge in [0, 0.05) is 4.24 Å². The van der Waals surface area contributed by atoms with Crippen LogP contribution in [0.25, 0.3) is 0 Å². The van der Waals surface area contributed by atoms with Gasteiger partial charge in [-0.1, -0.05) is 76.1 Å². The number of nitrogens with zero attached hydrogens (tertiary/aromatic N) is 2. The van der Waals surface area contributed by atoms with E-state index in [4.69, 9.17) is 0 Å². The van der Waals surface area contributed by atoms with E-state index in [1.54, 1.807) is 23.5 Å². The predicted molar refractivity (Wildman–Crippen MR) is 106 cm³/mol. The van der Waals surface area contributed by atoms with Crippen molar-refractivity contribution >= 4 is 70.6 Å². The second-order valence-corrected chi connectivity index (χ2v) is 12.4. The number of thioether (sulfide) groups is 6. The van der Waals surface area contributed by atoms with Crippen LogP contribution in [-0.2, 0) is 0 Å². The number of aromatic nitrogens is 2. The second-order valence-electron chi connectivity index (χ2n) is 5.05. The molecular weight excluding hydrogens is 389 g/mol. The lowest BCUT2D eigenvalue weighted by molar-refractivity contribution is 0.863. The molecule has 1 aromatic heterocycles. The van der Waals surface area contributed by atoms with Gasteiger partial charge in [-0.05, 0) is 27.7 Å². The van der Waals surface area contributed by atoms with Crippen LogP contribution in [0.5, 0.6) is 0 Å². The molecule has 0 unspecified atom stereocenters. The molecule has 3 aliphatic rings. The zero-order valence-electron chi connectivity index (χ0n) is 12.3. The molecule has 0 aliphatic carbocycles. The molecule has 0 fully saturated rings. The molecule has 4 rings (SSSR count). The predicted octanol–water partition coefficient (Wildman–Crippen LogP) is 6.76. The third-order valence-corrected chi connectivity index (χ3v) is 12.0. The number of fused-ring (bicyclic) bond motifs is 1. The summed E-state index contributed by atoms with van der Waals surface area (Å²) in [5.41, 5.74) is 3.48. The summed E-state index contributed by atoms with van der Waals surface area (Å²) in [7, 11) is 0. The topological polar surface area (TPSA) is 25.8 Å². The molecule has 0 atom stereocenters. The number of rotatable bonds is 0. The molecule has 0 bridgehead atoms. The van der Waals surface area contributed by atoms with Crippen molar-refractivity contribution < 1.29 is 0 Å². The van der Waals surface area contributed by atoms with Gasteiger partial charge in [-0.2, -0.15) is 0 Å². The van der Waals surface area contributed by atoms with Crippen LogP contribution in [0, 0.1) is 13.8 Å². The van der Waals surface area contributed by atoms with Crippen LogP contribution >= 0.6 is 70.6 Å². The number of hydrogen-bond donors (Lipinski definition) is 0. The molecule has 0 radical (unpaired) electrons. The first-order valence-electron chi connectivity index (χ1n) is 6.59. The van der Waals surface area contributed by atoms with E-state index in [9.17, 15) is 0 Å². The Kier molecular flexibility index (Phi) is 4.37. The lowest BCUT2D eigenvalue weighted by atomic mass is 10.4. The Balaban J connectivity index is 1.57. The molecule has 2 nitrogen and oxygen atoms in total. The summed E-state index contributed by atoms with van der Waals surface area (Å²) in [5, 5.41) is 2.13. The van der Waals surface area contributed by atoms with E-state index in [1.807, 2.05) is 60.9 Å². The first kappa shape index (κ1) is 15.9. The van der Waals surface area contributed by atoms with Gasteiger partial charge in [0.2, 0.25) is 0 Å². The maximum absolute atomic E-state index is 4.68. The lowest BCUT2D eigenvalue weighted by Gasteiger charge is -2.05. The van der Waals surface area contributed by atoms with Crippen LogP contribution in [0.3, 0.4) is 0 Å². The minimum atomic E-state index is 1.03. The van der Waals surface area contributed by atoms with E-state index in [0.717, 1.165) is 21.4 Å². The quantitative estimate of drug-likeness (QED) is 0.471. The largest absolute Gasteiger partial charge is 0.242 e. The van der Waals surface area contributed by atoms with Gasteiger partial charge < -0.3 is 0 Å². The monoisotopic (exact) mass is 400 g/mol. The Morgan fingerprint density at radius 2 is 1.05 bits per heavy atom. The van der Waals surface area contributed by atoms with Crippen LogP contribution in [-0.4, -0.2) is 9.97 Å². The molecule has 0 amide bonds. The summed E-state index contributed by atoms with van der Waals surface area (Å²) >= 11 is 11.2. The Morgan fingerprint density at radius 3 is 1.50 bits per heavy atom. The maximum Gasteiger partial charge on any atom is 0.134 e. The van der Waals surface area contributed by atoms with E-state index in [0.29, 0.717) is 0 Å². The lowest BCUT2D eigenvalue weighted by Crippen LogP contribution is -1.93. The van der Waals surface area contributed by atoms with E-state index in [1.165, 1.54) is 26.8 Å². The molecule has 0 N–H and O–H groups in total. The van der Waals surface area contributed by atoms with Crippen LogP contribution in [0.4, 0.5) is 0 Å². The van der Waals surface area contributed by atoms with E-state index in [2.05, 4.69) is 23.8 Å². The van der Waals surface area contributed by atoms with Crippen LogP contribution in [0.15, 0.2) is 36.8 Å². The van der Waals surface area contributed by atoms with Gasteiger partial charge in [-0.15, -0.1) is 0 Å². The van der Waals surface area contributed by atoms with E-state index in [-0.39, 0.29) is 0 Å². The van der Waals surface area contributed by atoms with Crippen LogP contribution < -0.4 is 0 Å². The molecule has 0 saturated carbocycles. The summed E-state index contributed by atoms with van der Waals surface area (Å²) in [6.45, 7) is 8.44. The fourth-order valence-corrected chi connectivity index (χ4v) is 10.8. The zero-order chi connectivity index (χ0) is 15.4. The Hall–Kier alpha value is 0.400. The average Bonchev–Trinajstić information content (AvgIpc) is 3.10. The third-order valence-electron chi connectivity index (χ3n) is 3.11. The van der Waals surface area contributed by atoms with Crippen molar-refractivity contribution in [3.8, 4) is 0 Å². The highest BCUT2D eigenvalue weighted by atomic mass is 32.3. The Labute approximate surface area is 155 Å². The molecule has 0 spiro atoms. The standard InChI is InChI=1S/C14H12N2S6/c1-5(2)10-19-13-14(20-10)22-12(21-13)11-17-8-9(18-11)16-7(4)6(3)15-8/h1-4H3. The smallest absolute Gasteiger partial charge is 0.134 e. The maximum atomic E-state index is 4.68. The number of hydrogen-bond acceptors (Lipinski definition) is 8. The highest BCUT2D eigenvalue weighted by Crippen LogP contribution is 2.69. The second kappa shape index (κ2) is 6.04. The highest BCUT2D eigenvalue weighted by Gasteiger charge is 2.34. The van der Waals surface area contributed by atoms with Crippen molar-refractivity contribution in [2.45, 2.75) is 37.7 Å². The SMILES string of the molecule is CC(C)=C1SC2=C(S1)SC(=C1Sc3nc(C)c(C)nc3S1)S2. The number of allylic oxidation sites excluding steroid dienone is 1. The summed E-state index contributed by atoms with van der Waals surface area (Å²) in [6.07, 6.45) is 0. The van der Waals surface area contributed by atoms with Gasteiger partial charge in [-0.3, -0.25) is 0 Å². The summed E-state index contributed by atoms with van der Waals surface area (Å²) in [5.74, 6) is 0. The Morgan fingerprint density at radius 1 is 0.636 bits per heavy atom. The minimum Gasteiger partial charge on any atom is -0.242 e. The highest BCUT2D eigenvalue weighted by molar-refractivity contribution is 8.48. The first-order chi connectivity index (χ1) is 10.5. The van der Waals surface area contributed by atoms with Crippen molar-refractivity contribution in [3.63, 3.8) is 0 Å². The Bertz CT molecular complexity index is 734. The fourth-order valence-electron chi connectivity index (χ4n) is 1.85. The van der Waals surface area contributed by atoms with Crippen molar-refractivity contribution in [2.75, 3.05) is 0 Å². The van der Waals surface area contributed by atoms with Crippen LogP contribution in [0.2, 0.25) is 0 Å². The number of aryl methyl sites for hydroxylation is 2.